The molecule has 2 aromatic rings. The van der Waals surface area contributed by atoms with Gasteiger partial charge in [0.25, 0.3) is 5.91 Å². The summed E-state index contributed by atoms with van der Waals surface area (Å²) in [5.41, 5.74) is 0.277. The first-order valence-corrected chi connectivity index (χ1v) is 13.6. The molecule has 1 aromatic carbocycles. The summed E-state index contributed by atoms with van der Waals surface area (Å²) in [6.07, 6.45) is 5.51. The van der Waals surface area contributed by atoms with E-state index in [0.29, 0.717) is 62.7 Å². The minimum atomic E-state index is -1.09. The first kappa shape index (κ1) is 27.5. The van der Waals surface area contributed by atoms with Gasteiger partial charge in [-0.15, -0.1) is 0 Å². The van der Waals surface area contributed by atoms with Crippen LogP contribution >= 0.6 is 0 Å². The van der Waals surface area contributed by atoms with E-state index in [9.17, 15) is 18.7 Å². The molecule has 0 saturated carbocycles. The average Bonchev–Trinajstić information content (AvgIpc) is 2.92. The molecule has 8 heteroatoms. The number of hydrogen-bond acceptors (Lipinski definition) is 5. The van der Waals surface area contributed by atoms with Crippen LogP contribution in [0, 0.1) is 11.7 Å². The Bertz CT molecular complexity index is 1040. The van der Waals surface area contributed by atoms with Crippen molar-refractivity contribution >= 4 is 5.91 Å². The molecule has 2 fully saturated rings. The second-order valence-corrected chi connectivity index (χ2v) is 10.5. The fourth-order valence-corrected chi connectivity index (χ4v) is 5.20. The van der Waals surface area contributed by atoms with Crippen LogP contribution in [0.25, 0.3) is 11.1 Å². The van der Waals surface area contributed by atoms with E-state index in [1.165, 1.54) is 17.0 Å². The van der Waals surface area contributed by atoms with E-state index in [1.54, 1.807) is 18.3 Å². The number of benzene rings is 1. The van der Waals surface area contributed by atoms with Gasteiger partial charge < -0.3 is 19.6 Å². The van der Waals surface area contributed by atoms with Gasteiger partial charge in [0, 0.05) is 37.5 Å². The van der Waals surface area contributed by atoms with Crippen LogP contribution in [-0.2, 0) is 0 Å². The number of aliphatic hydroxyl groups excluding tert-OH is 1. The molecule has 0 radical (unpaired) electrons. The summed E-state index contributed by atoms with van der Waals surface area (Å²) < 4.78 is 35.4. The van der Waals surface area contributed by atoms with Crippen LogP contribution < -0.4 is 4.74 Å². The predicted octanol–water partition coefficient (Wildman–Crippen LogP) is 5.10. The fraction of sp³-hybridized carbons (Fsp3) is 0.586. The third-order valence-corrected chi connectivity index (χ3v) is 7.90. The number of piperidine rings is 2. The van der Waals surface area contributed by atoms with Crippen LogP contribution in [0.1, 0.15) is 62.7 Å². The van der Waals surface area contributed by atoms with Crippen molar-refractivity contribution in [3.8, 4) is 17.0 Å². The van der Waals surface area contributed by atoms with E-state index >= 15 is 0 Å². The standard InChI is InChI=1S/C29H39F2N3O3/c1-3-29(31,4-2)20-33-14-11-21(12-15-33)19-37-27-10-8-23(17-32-27)22-7-9-25(26(30)16-22)28(36)34-13-5-6-24(35)18-34/h7-10,16-17,21,24,35H,3-6,11-15,18-20H2,1-2H3/t24-/m1/s1. The highest BCUT2D eigenvalue weighted by Gasteiger charge is 2.30. The van der Waals surface area contributed by atoms with Gasteiger partial charge in [0.1, 0.15) is 11.5 Å². The molecule has 1 amide bonds. The van der Waals surface area contributed by atoms with Crippen molar-refractivity contribution < 1.29 is 23.4 Å². The zero-order valence-corrected chi connectivity index (χ0v) is 22.0. The molecule has 37 heavy (non-hydrogen) atoms. The lowest BCUT2D eigenvalue weighted by atomic mass is 9.94. The zero-order valence-electron chi connectivity index (χ0n) is 22.0. The van der Waals surface area contributed by atoms with Gasteiger partial charge in [0.2, 0.25) is 5.88 Å². The van der Waals surface area contributed by atoms with E-state index in [0.717, 1.165) is 31.5 Å². The topological polar surface area (TPSA) is 65.9 Å². The second-order valence-electron chi connectivity index (χ2n) is 10.5. The Balaban J connectivity index is 1.28. The molecule has 4 rings (SSSR count). The lowest BCUT2D eigenvalue weighted by molar-refractivity contribution is 0.0470. The number of ether oxygens (including phenoxy) is 1. The number of β-amino-alcohol motifs (C(OH)–C–C–N with tert-alkyl or cyclic N) is 1. The first-order valence-electron chi connectivity index (χ1n) is 13.6. The Labute approximate surface area is 218 Å². The molecule has 2 aliphatic heterocycles. The van der Waals surface area contributed by atoms with E-state index in [4.69, 9.17) is 4.74 Å². The average molecular weight is 516 g/mol. The van der Waals surface area contributed by atoms with Gasteiger partial charge in [-0.3, -0.25) is 4.79 Å². The number of aliphatic hydroxyl groups is 1. The smallest absolute Gasteiger partial charge is 0.256 e. The van der Waals surface area contributed by atoms with Crippen LogP contribution in [0.2, 0.25) is 0 Å². The van der Waals surface area contributed by atoms with E-state index < -0.39 is 23.5 Å². The Morgan fingerprint density at radius 2 is 1.84 bits per heavy atom. The number of rotatable bonds is 9. The Hall–Kier alpha value is -2.58. The molecular formula is C29H39F2N3O3. The molecule has 3 heterocycles. The molecule has 202 valence electrons. The van der Waals surface area contributed by atoms with Gasteiger partial charge in [-0.2, -0.15) is 0 Å². The second kappa shape index (κ2) is 12.3. The highest BCUT2D eigenvalue weighted by atomic mass is 19.1. The lowest BCUT2D eigenvalue weighted by Crippen LogP contribution is -2.44. The third kappa shape index (κ3) is 7.05. The number of halogens is 2. The number of carbonyl (C=O) groups excluding carboxylic acids is 1. The van der Waals surface area contributed by atoms with Crippen molar-refractivity contribution in [1.29, 1.82) is 0 Å². The number of nitrogens with zero attached hydrogens (tertiary/aromatic N) is 3. The summed E-state index contributed by atoms with van der Waals surface area (Å²) in [5, 5.41) is 9.82. The fourth-order valence-electron chi connectivity index (χ4n) is 5.20. The zero-order chi connectivity index (χ0) is 26.4. The Kier molecular flexibility index (Phi) is 9.13. The molecule has 1 aromatic heterocycles. The Morgan fingerprint density at radius 3 is 2.46 bits per heavy atom. The van der Waals surface area contributed by atoms with Crippen molar-refractivity contribution in [2.45, 2.75) is 64.1 Å². The first-order chi connectivity index (χ1) is 17.8. The number of likely N-dealkylation sites (tertiary alicyclic amines) is 2. The molecule has 1 atom stereocenters. The lowest BCUT2D eigenvalue weighted by Gasteiger charge is -2.36. The molecule has 0 bridgehead atoms. The maximum Gasteiger partial charge on any atom is 0.256 e. The Morgan fingerprint density at radius 1 is 1.11 bits per heavy atom. The monoisotopic (exact) mass is 515 g/mol. The van der Waals surface area contributed by atoms with Crippen LogP contribution in [0.5, 0.6) is 5.88 Å². The number of hydrogen-bond donors (Lipinski definition) is 1. The predicted molar refractivity (Wildman–Crippen MR) is 140 cm³/mol. The molecule has 1 N–H and O–H groups in total. The normalized spacial score (nSPS) is 19.7. The van der Waals surface area contributed by atoms with Crippen molar-refractivity contribution in [3.63, 3.8) is 0 Å². The highest BCUT2D eigenvalue weighted by Crippen LogP contribution is 2.27. The van der Waals surface area contributed by atoms with E-state index in [2.05, 4.69) is 9.88 Å². The minimum absolute atomic E-state index is 0.0124. The number of amides is 1. The molecule has 2 aliphatic rings. The summed E-state index contributed by atoms with van der Waals surface area (Å²) in [5.74, 6) is -0.0515. The number of aromatic nitrogens is 1. The molecule has 2 saturated heterocycles. The molecule has 6 nitrogen and oxygen atoms in total. The maximum absolute atomic E-state index is 14.8. The summed E-state index contributed by atoms with van der Waals surface area (Å²) in [4.78, 5) is 20.8. The van der Waals surface area contributed by atoms with Crippen molar-refractivity contribution in [3.05, 3.63) is 47.9 Å². The molecule has 0 spiro atoms. The molecule has 0 unspecified atom stereocenters. The van der Waals surface area contributed by atoms with Crippen molar-refractivity contribution in [1.82, 2.24) is 14.8 Å². The van der Waals surface area contributed by atoms with Gasteiger partial charge in [0.05, 0.1) is 18.3 Å². The quantitative estimate of drug-likeness (QED) is 0.503. The maximum atomic E-state index is 14.8. The number of alkyl halides is 1. The van der Waals surface area contributed by atoms with Gasteiger partial charge in [-0.25, -0.2) is 13.8 Å². The number of pyridine rings is 1. The summed E-state index contributed by atoms with van der Waals surface area (Å²) >= 11 is 0. The molecule has 0 aliphatic carbocycles. The van der Waals surface area contributed by atoms with Crippen LogP contribution in [0.15, 0.2) is 36.5 Å². The van der Waals surface area contributed by atoms with E-state index in [1.807, 2.05) is 19.9 Å². The minimum Gasteiger partial charge on any atom is -0.477 e. The largest absolute Gasteiger partial charge is 0.477 e. The van der Waals surface area contributed by atoms with Crippen LogP contribution in [0.4, 0.5) is 8.78 Å². The van der Waals surface area contributed by atoms with E-state index in [-0.39, 0.29) is 12.1 Å². The van der Waals surface area contributed by atoms with Gasteiger partial charge in [-0.1, -0.05) is 19.9 Å². The SMILES string of the molecule is CCC(F)(CC)CN1CCC(COc2ccc(-c3ccc(C(=O)N4CCC[C@@H](O)C4)c(F)c3)cn2)CC1. The molecular weight excluding hydrogens is 476 g/mol. The summed E-state index contributed by atoms with van der Waals surface area (Å²) in [6.45, 7) is 7.43. The van der Waals surface area contributed by atoms with Gasteiger partial charge >= 0.3 is 0 Å². The summed E-state index contributed by atoms with van der Waals surface area (Å²) in [6, 6.07) is 8.17. The van der Waals surface area contributed by atoms with Crippen LogP contribution in [0.3, 0.4) is 0 Å². The van der Waals surface area contributed by atoms with Crippen LogP contribution in [-0.4, -0.2) is 76.9 Å². The highest BCUT2D eigenvalue weighted by molar-refractivity contribution is 5.95. The van der Waals surface area contributed by atoms with Crippen molar-refractivity contribution in [2.24, 2.45) is 5.92 Å². The third-order valence-electron chi connectivity index (χ3n) is 7.90. The van der Waals surface area contributed by atoms with Gasteiger partial charge in [0.15, 0.2) is 0 Å². The summed E-state index contributed by atoms with van der Waals surface area (Å²) in [7, 11) is 0. The number of carbonyl (C=O) groups is 1. The van der Waals surface area contributed by atoms with Crippen molar-refractivity contribution in [2.75, 3.05) is 39.3 Å². The van der Waals surface area contributed by atoms with Gasteiger partial charge in [-0.05, 0) is 81.3 Å².